The number of unbranched alkanes of at least 4 members (excludes halogenated alkanes) is 13. The SMILES string of the molecule is CCCCCCCCCCCCCCCC[SiH](c1ccccc1)c1ccccc1. The molecule has 0 saturated carbocycles. The zero-order chi connectivity index (χ0) is 20.4. The van der Waals surface area contributed by atoms with Crippen molar-refractivity contribution in [2.75, 3.05) is 0 Å². The molecule has 0 aliphatic rings. The summed E-state index contributed by atoms with van der Waals surface area (Å²) in [6.45, 7) is 2.30. The van der Waals surface area contributed by atoms with Crippen molar-refractivity contribution in [3.63, 3.8) is 0 Å². The monoisotopic (exact) mass is 408 g/mol. The number of hydrogen-bond acceptors (Lipinski definition) is 0. The predicted octanol–water partition coefficient (Wildman–Crippen LogP) is 7.51. The maximum Gasteiger partial charge on any atom is 0.103 e. The van der Waals surface area contributed by atoms with Crippen LogP contribution in [0.25, 0.3) is 0 Å². The van der Waals surface area contributed by atoms with Gasteiger partial charge in [0.25, 0.3) is 0 Å². The molecule has 0 nitrogen and oxygen atoms in total. The summed E-state index contributed by atoms with van der Waals surface area (Å²) in [4.78, 5) is 0. The molecular weight excluding hydrogens is 364 g/mol. The topological polar surface area (TPSA) is 0 Å². The molecule has 0 saturated heterocycles. The van der Waals surface area contributed by atoms with Gasteiger partial charge in [-0.2, -0.15) is 0 Å². The molecule has 0 fully saturated rings. The molecule has 0 amide bonds. The van der Waals surface area contributed by atoms with E-state index in [-0.39, 0.29) is 0 Å². The van der Waals surface area contributed by atoms with Gasteiger partial charge < -0.3 is 0 Å². The number of benzene rings is 2. The van der Waals surface area contributed by atoms with E-state index in [1.807, 2.05) is 0 Å². The van der Waals surface area contributed by atoms with Gasteiger partial charge in [0.15, 0.2) is 0 Å². The summed E-state index contributed by atoms with van der Waals surface area (Å²) in [6.07, 6.45) is 20.2. The zero-order valence-corrected chi connectivity index (χ0v) is 20.1. The van der Waals surface area contributed by atoms with Crippen LogP contribution in [0.5, 0.6) is 0 Å². The van der Waals surface area contributed by atoms with Gasteiger partial charge >= 0.3 is 0 Å². The molecule has 0 N–H and O–H groups in total. The van der Waals surface area contributed by atoms with E-state index >= 15 is 0 Å². The summed E-state index contributed by atoms with van der Waals surface area (Å²) >= 11 is 0. The number of rotatable bonds is 17. The van der Waals surface area contributed by atoms with E-state index < -0.39 is 8.80 Å². The standard InChI is InChI=1S/C28H44Si/c1-2-3-4-5-6-7-8-9-10-11-12-13-14-21-26-29(27-22-17-15-18-23-27)28-24-19-16-20-25-28/h15-20,22-25,29H,2-14,21,26H2,1H3. The Morgan fingerprint density at radius 2 is 0.793 bits per heavy atom. The summed E-state index contributed by atoms with van der Waals surface area (Å²) < 4.78 is 0. The van der Waals surface area contributed by atoms with E-state index in [1.165, 1.54) is 95.9 Å². The van der Waals surface area contributed by atoms with Crippen molar-refractivity contribution in [2.24, 2.45) is 0 Å². The third-order valence-electron chi connectivity index (χ3n) is 6.25. The van der Waals surface area contributed by atoms with E-state index in [0.717, 1.165) is 0 Å². The first-order valence-corrected chi connectivity index (χ1v) is 14.5. The highest BCUT2D eigenvalue weighted by atomic mass is 28.3. The van der Waals surface area contributed by atoms with Crippen LogP contribution >= 0.6 is 0 Å². The Labute approximate surface area is 182 Å². The van der Waals surface area contributed by atoms with Gasteiger partial charge in [-0.05, 0) is 0 Å². The molecule has 1 heteroatoms. The average molecular weight is 409 g/mol. The molecule has 0 atom stereocenters. The summed E-state index contributed by atoms with van der Waals surface area (Å²) in [5, 5.41) is 3.21. The van der Waals surface area contributed by atoms with Crippen LogP contribution in [0.2, 0.25) is 6.04 Å². The van der Waals surface area contributed by atoms with Gasteiger partial charge in [0.1, 0.15) is 8.80 Å². The zero-order valence-electron chi connectivity index (χ0n) is 19.0. The second-order valence-electron chi connectivity index (χ2n) is 8.76. The molecule has 160 valence electrons. The van der Waals surface area contributed by atoms with Crippen LogP contribution in [0.1, 0.15) is 96.8 Å². The maximum atomic E-state index is 2.35. The molecule has 0 aliphatic heterocycles. The quantitative estimate of drug-likeness (QED) is 0.188. The lowest BCUT2D eigenvalue weighted by Crippen LogP contribution is -2.41. The van der Waals surface area contributed by atoms with Crippen LogP contribution in [0.4, 0.5) is 0 Å². The minimum atomic E-state index is -1.04. The first-order valence-electron chi connectivity index (χ1n) is 12.5. The van der Waals surface area contributed by atoms with Crippen molar-refractivity contribution >= 4 is 19.2 Å². The Morgan fingerprint density at radius 3 is 1.17 bits per heavy atom. The highest BCUT2D eigenvalue weighted by Crippen LogP contribution is 2.14. The lowest BCUT2D eigenvalue weighted by Gasteiger charge is -2.16. The normalized spacial score (nSPS) is 11.2. The fraction of sp³-hybridized carbons (Fsp3) is 0.571. The molecule has 2 rings (SSSR count). The molecule has 29 heavy (non-hydrogen) atoms. The molecule has 0 heterocycles. The van der Waals surface area contributed by atoms with Gasteiger partial charge in [-0.25, -0.2) is 0 Å². The van der Waals surface area contributed by atoms with E-state index in [9.17, 15) is 0 Å². The fourth-order valence-corrected chi connectivity index (χ4v) is 7.56. The van der Waals surface area contributed by atoms with Gasteiger partial charge in [0, 0.05) is 0 Å². The maximum absolute atomic E-state index is 2.35. The van der Waals surface area contributed by atoms with Crippen LogP contribution in [-0.4, -0.2) is 8.80 Å². The van der Waals surface area contributed by atoms with Crippen LogP contribution in [0.3, 0.4) is 0 Å². The first-order chi connectivity index (χ1) is 14.4. The van der Waals surface area contributed by atoms with Crippen LogP contribution in [0, 0.1) is 0 Å². The third-order valence-corrected chi connectivity index (χ3v) is 9.62. The first kappa shape index (κ1) is 23.9. The van der Waals surface area contributed by atoms with Crippen molar-refractivity contribution < 1.29 is 0 Å². The van der Waals surface area contributed by atoms with Crippen LogP contribution in [-0.2, 0) is 0 Å². The van der Waals surface area contributed by atoms with E-state index in [4.69, 9.17) is 0 Å². The van der Waals surface area contributed by atoms with Gasteiger partial charge in [-0.15, -0.1) is 0 Å². The Kier molecular flexibility index (Phi) is 13.6. The summed E-state index contributed by atoms with van der Waals surface area (Å²) in [5.74, 6) is 0. The molecule has 0 spiro atoms. The van der Waals surface area contributed by atoms with Crippen molar-refractivity contribution in [1.29, 1.82) is 0 Å². The smallest absolute Gasteiger partial charge is 0.0654 e. The second kappa shape index (κ2) is 16.5. The van der Waals surface area contributed by atoms with Crippen LogP contribution in [0.15, 0.2) is 60.7 Å². The van der Waals surface area contributed by atoms with Gasteiger partial charge in [-0.1, -0.05) is 174 Å². The van der Waals surface area contributed by atoms with Crippen molar-refractivity contribution in [2.45, 2.75) is 103 Å². The van der Waals surface area contributed by atoms with E-state index in [1.54, 1.807) is 10.4 Å². The molecule has 2 aromatic rings. The molecule has 0 radical (unpaired) electrons. The average Bonchev–Trinajstić information content (AvgIpc) is 2.78. The van der Waals surface area contributed by atoms with Gasteiger partial charge in [0.2, 0.25) is 0 Å². The molecule has 2 aromatic carbocycles. The van der Waals surface area contributed by atoms with Crippen molar-refractivity contribution in [3.05, 3.63) is 60.7 Å². The Bertz CT molecular complexity index is 553. The van der Waals surface area contributed by atoms with Gasteiger partial charge in [0.05, 0.1) is 0 Å². The molecular formula is C28H44Si. The third kappa shape index (κ3) is 10.8. The Hall–Kier alpha value is -1.34. The number of hydrogen-bond donors (Lipinski definition) is 0. The summed E-state index contributed by atoms with van der Waals surface area (Å²) in [6, 6.07) is 24.0. The van der Waals surface area contributed by atoms with E-state index in [2.05, 4.69) is 67.6 Å². The minimum Gasteiger partial charge on any atom is -0.0654 e. The summed E-state index contributed by atoms with van der Waals surface area (Å²) in [5.41, 5.74) is 0. The molecule has 0 aliphatic carbocycles. The van der Waals surface area contributed by atoms with Crippen LogP contribution < -0.4 is 10.4 Å². The predicted molar refractivity (Wildman–Crippen MR) is 134 cm³/mol. The lowest BCUT2D eigenvalue weighted by atomic mass is 10.0. The Balaban J connectivity index is 1.52. The fourth-order valence-electron chi connectivity index (χ4n) is 4.44. The largest absolute Gasteiger partial charge is 0.103 e. The highest BCUT2D eigenvalue weighted by molar-refractivity contribution is 6.85. The summed E-state index contributed by atoms with van der Waals surface area (Å²) in [7, 11) is -1.04. The molecule has 0 bridgehead atoms. The highest BCUT2D eigenvalue weighted by Gasteiger charge is 2.15. The van der Waals surface area contributed by atoms with Crippen molar-refractivity contribution in [3.8, 4) is 0 Å². The van der Waals surface area contributed by atoms with E-state index in [0.29, 0.717) is 0 Å². The molecule has 0 unspecified atom stereocenters. The van der Waals surface area contributed by atoms with Gasteiger partial charge in [-0.3, -0.25) is 0 Å². The van der Waals surface area contributed by atoms with Crippen molar-refractivity contribution in [1.82, 2.24) is 0 Å². The second-order valence-corrected chi connectivity index (χ2v) is 11.8. The minimum absolute atomic E-state index is 1.04. The lowest BCUT2D eigenvalue weighted by molar-refractivity contribution is 0.538. The Morgan fingerprint density at radius 1 is 0.448 bits per heavy atom. The molecule has 0 aromatic heterocycles.